The van der Waals surface area contributed by atoms with Crippen LogP contribution in [0.4, 0.5) is 0 Å². The molecule has 4 heteroatoms. The predicted octanol–water partition coefficient (Wildman–Crippen LogP) is 1.25. The molecular formula is C11H14ClNO2. The number of aliphatic hydroxyl groups excluding tert-OH is 1. The van der Waals surface area contributed by atoms with Crippen molar-refractivity contribution in [3.05, 3.63) is 35.9 Å². The second-order valence-corrected chi connectivity index (χ2v) is 3.43. The number of carbonyl (C=O) groups excluding carboxylic acids is 1. The normalized spacial score (nSPS) is 10.0. The van der Waals surface area contributed by atoms with E-state index in [2.05, 4.69) is 0 Å². The molecule has 1 amide bonds. The molecule has 3 nitrogen and oxygen atoms in total. The maximum Gasteiger partial charge on any atom is 0.237 e. The lowest BCUT2D eigenvalue weighted by molar-refractivity contribution is -0.129. The van der Waals surface area contributed by atoms with Gasteiger partial charge in [-0.3, -0.25) is 4.79 Å². The molecule has 1 aromatic rings. The third-order valence-electron chi connectivity index (χ3n) is 2.05. The van der Waals surface area contributed by atoms with Crippen molar-refractivity contribution in [2.75, 3.05) is 19.0 Å². The molecule has 0 unspecified atom stereocenters. The van der Waals surface area contributed by atoms with Crippen LogP contribution in [0.2, 0.25) is 0 Å². The minimum atomic E-state index is -0.158. The molecule has 0 aliphatic carbocycles. The van der Waals surface area contributed by atoms with E-state index in [1.165, 1.54) is 0 Å². The summed E-state index contributed by atoms with van der Waals surface area (Å²) in [6.07, 6.45) is 0. The van der Waals surface area contributed by atoms with Gasteiger partial charge in [0.1, 0.15) is 5.88 Å². The van der Waals surface area contributed by atoms with Gasteiger partial charge in [-0.25, -0.2) is 0 Å². The number of amides is 1. The Morgan fingerprint density at radius 1 is 1.33 bits per heavy atom. The van der Waals surface area contributed by atoms with E-state index >= 15 is 0 Å². The van der Waals surface area contributed by atoms with E-state index < -0.39 is 0 Å². The minimum Gasteiger partial charge on any atom is -0.395 e. The summed E-state index contributed by atoms with van der Waals surface area (Å²) >= 11 is 5.48. The Bertz CT molecular complexity index is 303. The first-order chi connectivity index (χ1) is 7.27. The van der Waals surface area contributed by atoms with Crippen molar-refractivity contribution >= 4 is 17.5 Å². The fourth-order valence-electron chi connectivity index (χ4n) is 1.30. The quantitative estimate of drug-likeness (QED) is 0.770. The number of rotatable bonds is 5. The number of hydrogen-bond acceptors (Lipinski definition) is 2. The van der Waals surface area contributed by atoms with Gasteiger partial charge in [-0.05, 0) is 5.56 Å². The molecule has 0 spiro atoms. The Hall–Kier alpha value is -1.06. The lowest BCUT2D eigenvalue weighted by atomic mass is 10.2. The highest BCUT2D eigenvalue weighted by Gasteiger charge is 2.11. The third-order valence-corrected chi connectivity index (χ3v) is 2.28. The maximum atomic E-state index is 11.4. The Morgan fingerprint density at radius 2 is 2.00 bits per heavy atom. The summed E-state index contributed by atoms with van der Waals surface area (Å²) in [5, 5.41) is 8.82. The van der Waals surface area contributed by atoms with Crippen LogP contribution >= 0.6 is 11.6 Å². The summed E-state index contributed by atoms with van der Waals surface area (Å²) in [6.45, 7) is 0.767. The van der Waals surface area contributed by atoms with Crippen LogP contribution in [0.25, 0.3) is 0 Å². The molecule has 0 radical (unpaired) electrons. The zero-order valence-corrected chi connectivity index (χ0v) is 9.15. The molecule has 1 N–H and O–H groups in total. The molecule has 1 aromatic carbocycles. The van der Waals surface area contributed by atoms with Crippen molar-refractivity contribution in [2.45, 2.75) is 6.54 Å². The van der Waals surface area contributed by atoms with E-state index in [1.54, 1.807) is 4.90 Å². The second-order valence-electron chi connectivity index (χ2n) is 3.16. The van der Waals surface area contributed by atoms with Gasteiger partial charge in [0, 0.05) is 13.1 Å². The van der Waals surface area contributed by atoms with Gasteiger partial charge in [-0.2, -0.15) is 0 Å². The zero-order valence-electron chi connectivity index (χ0n) is 8.40. The van der Waals surface area contributed by atoms with Crippen molar-refractivity contribution in [2.24, 2.45) is 0 Å². The predicted molar refractivity (Wildman–Crippen MR) is 59.7 cm³/mol. The number of aliphatic hydroxyl groups is 1. The Kier molecular flexibility index (Phi) is 5.15. The molecule has 0 atom stereocenters. The van der Waals surface area contributed by atoms with Crippen LogP contribution in [-0.2, 0) is 11.3 Å². The van der Waals surface area contributed by atoms with Crippen LogP contribution < -0.4 is 0 Å². The van der Waals surface area contributed by atoms with Crippen molar-refractivity contribution in [1.29, 1.82) is 0 Å². The third kappa shape index (κ3) is 3.90. The summed E-state index contributed by atoms with van der Waals surface area (Å²) in [4.78, 5) is 12.9. The van der Waals surface area contributed by atoms with Gasteiger partial charge in [0.25, 0.3) is 0 Å². The van der Waals surface area contributed by atoms with Crippen molar-refractivity contribution in [3.63, 3.8) is 0 Å². The SMILES string of the molecule is O=C(CCl)N(CCO)Cc1ccccc1. The van der Waals surface area contributed by atoms with Gasteiger partial charge >= 0.3 is 0 Å². The summed E-state index contributed by atoms with van der Waals surface area (Å²) in [7, 11) is 0. The molecule has 1 rings (SSSR count). The molecule has 0 bridgehead atoms. The van der Waals surface area contributed by atoms with Gasteiger partial charge in [-0.1, -0.05) is 30.3 Å². The van der Waals surface area contributed by atoms with Crippen LogP contribution in [0, 0.1) is 0 Å². The molecule has 0 fully saturated rings. The fraction of sp³-hybridized carbons (Fsp3) is 0.364. The second kappa shape index (κ2) is 6.43. The van der Waals surface area contributed by atoms with Crippen LogP contribution in [0.15, 0.2) is 30.3 Å². The van der Waals surface area contributed by atoms with E-state index in [9.17, 15) is 4.79 Å². The molecular weight excluding hydrogens is 214 g/mol. The average molecular weight is 228 g/mol. The van der Waals surface area contributed by atoms with Gasteiger partial charge in [-0.15, -0.1) is 11.6 Å². The van der Waals surface area contributed by atoms with Crippen molar-refractivity contribution < 1.29 is 9.90 Å². The highest BCUT2D eigenvalue weighted by Crippen LogP contribution is 2.04. The average Bonchev–Trinajstić information content (AvgIpc) is 2.29. The molecule has 15 heavy (non-hydrogen) atoms. The van der Waals surface area contributed by atoms with E-state index in [1.807, 2.05) is 30.3 Å². The number of carbonyl (C=O) groups is 1. The molecule has 0 saturated heterocycles. The molecule has 0 heterocycles. The van der Waals surface area contributed by atoms with Crippen molar-refractivity contribution in [1.82, 2.24) is 4.90 Å². The maximum absolute atomic E-state index is 11.4. The van der Waals surface area contributed by atoms with Crippen LogP contribution in [0.5, 0.6) is 0 Å². The van der Waals surface area contributed by atoms with Crippen LogP contribution in [-0.4, -0.2) is 34.9 Å². The largest absolute Gasteiger partial charge is 0.395 e. The topological polar surface area (TPSA) is 40.5 Å². The van der Waals surface area contributed by atoms with Gasteiger partial charge in [0.05, 0.1) is 6.61 Å². The number of benzene rings is 1. The summed E-state index contributed by atoms with van der Waals surface area (Å²) in [5.41, 5.74) is 1.03. The smallest absolute Gasteiger partial charge is 0.237 e. The van der Waals surface area contributed by atoms with Gasteiger partial charge < -0.3 is 10.0 Å². The number of alkyl halides is 1. The highest BCUT2D eigenvalue weighted by molar-refractivity contribution is 6.27. The first-order valence-corrected chi connectivity index (χ1v) is 5.30. The van der Waals surface area contributed by atoms with E-state index in [0.29, 0.717) is 13.1 Å². The van der Waals surface area contributed by atoms with Crippen LogP contribution in [0.3, 0.4) is 0 Å². The summed E-state index contributed by atoms with van der Waals surface area (Å²) in [5.74, 6) is -0.207. The Labute approximate surface area is 94.3 Å². The number of hydrogen-bond donors (Lipinski definition) is 1. The fourth-order valence-corrected chi connectivity index (χ4v) is 1.47. The standard InChI is InChI=1S/C11H14ClNO2/c12-8-11(15)13(6-7-14)9-10-4-2-1-3-5-10/h1-5,14H,6-9H2. The highest BCUT2D eigenvalue weighted by atomic mass is 35.5. The first kappa shape index (κ1) is 12.0. The molecule has 0 saturated carbocycles. The lowest BCUT2D eigenvalue weighted by Crippen LogP contribution is -2.33. The summed E-state index contributed by atoms with van der Waals surface area (Å²) < 4.78 is 0. The monoisotopic (exact) mass is 227 g/mol. The molecule has 0 aromatic heterocycles. The van der Waals surface area contributed by atoms with Crippen molar-refractivity contribution in [3.8, 4) is 0 Å². The molecule has 82 valence electrons. The summed E-state index contributed by atoms with van der Waals surface area (Å²) in [6, 6.07) is 9.62. The number of halogens is 1. The lowest BCUT2D eigenvalue weighted by Gasteiger charge is -2.20. The van der Waals surface area contributed by atoms with Crippen LogP contribution in [0.1, 0.15) is 5.56 Å². The molecule has 0 aliphatic rings. The minimum absolute atomic E-state index is 0.0462. The number of nitrogens with zero attached hydrogens (tertiary/aromatic N) is 1. The molecule has 0 aliphatic heterocycles. The van der Waals surface area contributed by atoms with E-state index in [4.69, 9.17) is 16.7 Å². The Balaban J connectivity index is 2.62. The van der Waals surface area contributed by atoms with E-state index in [0.717, 1.165) is 5.56 Å². The van der Waals surface area contributed by atoms with E-state index in [-0.39, 0.29) is 18.4 Å². The first-order valence-electron chi connectivity index (χ1n) is 4.76. The van der Waals surface area contributed by atoms with Gasteiger partial charge in [0.2, 0.25) is 5.91 Å². The zero-order chi connectivity index (χ0) is 11.1. The van der Waals surface area contributed by atoms with Gasteiger partial charge in [0.15, 0.2) is 0 Å². The Morgan fingerprint density at radius 3 is 2.53 bits per heavy atom.